The summed E-state index contributed by atoms with van der Waals surface area (Å²) < 4.78 is 15.2. The molecule has 5 heteroatoms. The number of imidazole rings is 1. The first-order valence-electron chi connectivity index (χ1n) is 5.76. The van der Waals surface area contributed by atoms with Crippen LogP contribution in [-0.4, -0.2) is 9.38 Å². The number of benzene rings is 1. The first kappa shape index (κ1) is 12.0. The SMILES string of the molecule is Cc1cccc2nc(-c3cc(F)cc(Cl)c3)c(N)n12. The van der Waals surface area contributed by atoms with E-state index in [1.165, 1.54) is 12.1 Å². The Kier molecular flexibility index (Phi) is 2.68. The summed E-state index contributed by atoms with van der Waals surface area (Å²) in [6.45, 7) is 1.94. The highest BCUT2D eigenvalue weighted by Crippen LogP contribution is 2.29. The zero-order valence-corrected chi connectivity index (χ0v) is 10.9. The molecule has 0 unspecified atom stereocenters. The molecule has 3 aromatic rings. The number of hydrogen-bond donors (Lipinski definition) is 1. The third-order valence-electron chi connectivity index (χ3n) is 3.01. The van der Waals surface area contributed by atoms with E-state index in [2.05, 4.69) is 4.98 Å². The Morgan fingerprint density at radius 2 is 2.05 bits per heavy atom. The zero-order chi connectivity index (χ0) is 13.6. The van der Waals surface area contributed by atoms with E-state index in [0.717, 1.165) is 11.3 Å². The summed E-state index contributed by atoms with van der Waals surface area (Å²) in [5, 5.41) is 0.322. The molecule has 0 saturated carbocycles. The molecule has 1 aromatic carbocycles. The molecule has 0 aliphatic rings. The van der Waals surface area contributed by atoms with Crippen LogP contribution in [-0.2, 0) is 0 Å². The summed E-state index contributed by atoms with van der Waals surface area (Å²) in [6, 6.07) is 9.97. The van der Waals surface area contributed by atoms with Crippen molar-refractivity contribution < 1.29 is 4.39 Å². The fourth-order valence-electron chi connectivity index (χ4n) is 2.18. The van der Waals surface area contributed by atoms with Gasteiger partial charge < -0.3 is 5.73 Å². The summed E-state index contributed by atoms with van der Waals surface area (Å²) in [5.41, 5.74) is 8.92. The van der Waals surface area contributed by atoms with Crippen LogP contribution < -0.4 is 5.73 Å². The van der Waals surface area contributed by atoms with Crippen molar-refractivity contribution in [3.63, 3.8) is 0 Å². The van der Waals surface area contributed by atoms with E-state index in [1.807, 2.05) is 29.5 Å². The molecule has 3 rings (SSSR count). The highest BCUT2D eigenvalue weighted by Gasteiger charge is 2.13. The first-order valence-corrected chi connectivity index (χ1v) is 6.14. The quantitative estimate of drug-likeness (QED) is 0.736. The number of nitrogens with two attached hydrogens (primary N) is 1. The van der Waals surface area contributed by atoms with Crippen molar-refractivity contribution in [2.45, 2.75) is 6.92 Å². The van der Waals surface area contributed by atoms with Crippen LogP contribution in [0.1, 0.15) is 5.69 Å². The fraction of sp³-hybridized carbons (Fsp3) is 0.0714. The number of nitrogen functional groups attached to an aromatic ring is 1. The van der Waals surface area contributed by atoms with E-state index in [-0.39, 0.29) is 0 Å². The predicted octanol–water partition coefficient (Wildman–Crippen LogP) is 3.68. The number of hydrogen-bond acceptors (Lipinski definition) is 2. The summed E-state index contributed by atoms with van der Waals surface area (Å²) in [6.07, 6.45) is 0. The highest BCUT2D eigenvalue weighted by atomic mass is 35.5. The van der Waals surface area contributed by atoms with Gasteiger partial charge in [-0.25, -0.2) is 9.37 Å². The number of halogens is 2. The molecule has 3 nitrogen and oxygen atoms in total. The molecule has 0 fully saturated rings. The van der Waals surface area contributed by atoms with E-state index >= 15 is 0 Å². The Labute approximate surface area is 114 Å². The molecule has 96 valence electrons. The minimum Gasteiger partial charge on any atom is -0.383 e. The van der Waals surface area contributed by atoms with Gasteiger partial charge in [0.05, 0.1) is 0 Å². The molecule has 2 aromatic heterocycles. The molecule has 0 spiro atoms. The maximum Gasteiger partial charge on any atom is 0.139 e. The second-order valence-electron chi connectivity index (χ2n) is 4.36. The number of aromatic nitrogens is 2. The van der Waals surface area contributed by atoms with E-state index in [1.54, 1.807) is 6.07 Å². The Morgan fingerprint density at radius 3 is 2.74 bits per heavy atom. The van der Waals surface area contributed by atoms with Crippen molar-refractivity contribution in [2.75, 3.05) is 5.73 Å². The van der Waals surface area contributed by atoms with E-state index in [4.69, 9.17) is 17.3 Å². The van der Waals surface area contributed by atoms with Crippen LogP contribution in [0.25, 0.3) is 16.9 Å². The molecule has 0 saturated heterocycles. The molecular weight excluding hydrogens is 265 g/mol. The van der Waals surface area contributed by atoms with Gasteiger partial charge in [-0.15, -0.1) is 0 Å². The number of pyridine rings is 1. The van der Waals surface area contributed by atoms with Gasteiger partial charge in [-0.05, 0) is 37.3 Å². The van der Waals surface area contributed by atoms with Crippen LogP contribution in [0.4, 0.5) is 10.2 Å². The van der Waals surface area contributed by atoms with Gasteiger partial charge in [0.2, 0.25) is 0 Å². The number of rotatable bonds is 1. The van der Waals surface area contributed by atoms with Gasteiger partial charge in [-0.1, -0.05) is 17.7 Å². The second-order valence-corrected chi connectivity index (χ2v) is 4.80. The van der Waals surface area contributed by atoms with Gasteiger partial charge in [-0.2, -0.15) is 0 Å². The standard InChI is InChI=1S/C14H11ClFN3/c1-8-3-2-4-12-18-13(14(17)19(8)12)9-5-10(15)7-11(16)6-9/h2-7H,17H2,1H3. The zero-order valence-electron chi connectivity index (χ0n) is 10.2. The lowest BCUT2D eigenvalue weighted by Crippen LogP contribution is -1.97. The van der Waals surface area contributed by atoms with Gasteiger partial charge in [0, 0.05) is 16.3 Å². The normalized spacial score (nSPS) is 11.1. The molecule has 0 amide bonds. The van der Waals surface area contributed by atoms with Gasteiger partial charge in [-0.3, -0.25) is 4.40 Å². The number of aryl methyl sites for hydroxylation is 1. The summed E-state index contributed by atoms with van der Waals surface area (Å²) >= 11 is 5.87. The molecule has 19 heavy (non-hydrogen) atoms. The molecule has 2 N–H and O–H groups in total. The van der Waals surface area contributed by atoms with Crippen molar-refractivity contribution >= 4 is 23.1 Å². The third kappa shape index (κ3) is 1.94. The van der Waals surface area contributed by atoms with Crippen LogP contribution >= 0.6 is 11.6 Å². The van der Waals surface area contributed by atoms with E-state index in [0.29, 0.717) is 22.1 Å². The molecule has 0 bridgehead atoms. The smallest absolute Gasteiger partial charge is 0.139 e. The van der Waals surface area contributed by atoms with Gasteiger partial charge in [0.15, 0.2) is 0 Å². The van der Waals surface area contributed by atoms with Crippen molar-refractivity contribution in [3.8, 4) is 11.3 Å². The third-order valence-corrected chi connectivity index (χ3v) is 3.23. The lowest BCUT2D eigenvalue weighted by Gasteiger charge is -2.03. The van der Waals surface area contributed by atoms with Crippen molar-refractivity contribution in [1.82, 2.24) is 9.38 Å². The monoisotopic (exact) mass is 275 g/mol. The molecule has 0 aliphatic carbocycles. The minimum atomic E-state index is -0.407. The Morgan fingerprint density at radius 1 is 1.26 bits per heavy atom. The molecule has 0 radical (unpaired) electrons. The van der Waals surface area contributed by atoms with Crippen LogP contribution in [0.2, 0.25) is 5.02 Å². The Hall–Kier alpha value is -2.07. The van der Waals surface area contributed by atoms with Gasteiger partial charge in [0.25, 0.3) is 0 Å². The second kappa shape index (κ2) is 4.24. The molecule has 0 atom stereocenters. The van der Waals surface area contributed by atoms with Crippen molar-refractivity contribution in [3.05, 3.63) is 52.9 Å². The average Bonchev–Trinajstić information content (AvgIpc) is 2.67. The van der Waals surface area contributed by atoms with Crippen molar-refractivity contribution in [1.29, 1.82) is 0 Å². The lowest BCUT2D eigenvalue weighted by atomic mass is 10.1. The van der Waals surface area contributed by atoms with Crippen LogP contribution in [0, 0.1) is 12.7 Å². The number of fused-ring (bicyclic) bond motifs is 1. The minimum absolute atomic E-state index is 0.322. The Bertz CT molecular complexity index is 759. The maximum atomic E-state index is 13.4. The van der Waals surface area contributed by atoms with Crippen molar-refractivity contribution in [2.24, 2.45) is 0 Å². The topological polar surface area (TPSA) is 43.3 Å². The van der Waals surface area contributed by atoms with E-state index in [9.17, 15) is 4.39 Å². The maximum absolute atomic E-state index is 13.4. The van der Waals surface area contributed by atoms with Gasteiger partial charge in [0.1, 0.15) is 23.0 Å². The van der Waals surface area contributed by atoms with E-state index < -0.39 is 5.82 Å². The predicted molar refractivity (Wildman–Crippen MR) is 74.7 cm³/mol. The van der Waals surface area contributed by atoms with Crippen LogP contribution in [0.5, 0.6) is 0 Å². The molecule has 0 aliphatic heterocycles. The fourth-order valence-corrected chi connectivity index (χ4v) is 2.41. The van der Waals surface area contributed by atoms with Crippen LogP contribution in [0.15, 0.2) is 36.4 Å². The Balaban J connectivity index is 2.31. The highest BCUT2D eigenvalue weighted by molar-refractivity contribution is 6.30. The summed E-state index contributed by atoms with van der Waals surface area (Å²) in [5.74, 6) is 0.0745. The summed E-state index contributed by atoms with van der Waals surface area (Å²) in [7, 11) is 0. The number of nitrogens with zero attached hydrogens (tertiary/aromatic N) is 2. The first-order chi connectivity index (χ1) is 9.06. The largest absolute Gasteiger partial charge is 0.383 e. The number of anilines is 1. The van der Waals surface area contributed by atoms with Gasteiger partial charge >= 0.3 is 0 Å². The molecule has 2 heterocycles. The lowest BCUT2D eigenvalue weighted by molar-refractivity contribution is 0.628. The van der Waals surface area contributed by atoms with Crippen LogP contribution in [0.3, 0.4) is 0 Å². The molecular formula is C14H11ClFN3. The summed E-state index contributed by atoms with van der Waals surface area (Å²) in [4.78, 5) is 4.44. The average molecular weight is 276 g/mol.